The SMILES string of the molecule is CCNC(CC(C)CC(C)(C)C)c1cnccc1C. The lowest BCUT2D eigenvalue weighted by Gasteiger charge is -2.28. The molecular formula is C17H30N2. The van der Waals surface area contributed by atoms with E-state index in [0.29, 0.717) is 17.4 Å². The second-order valence-electron chi connectivity index (χ2n) is 6.95. The van der Waals surface area contributed by atoms with Crippen LogP contribution in [-0.2, 0) is 0 Å². The Hall–Kier alpha value is -0.890. The van der Waals surface area contributed by atoms with Gasteiger partial charge in [0.15, 0.2) is 0 Å². The zero-order valence-electron chi connectivity index (χ0n) is 13.5. The summed E-state index contributed by atoms with van der Waals surface area (Å²) in [6.45, 7) is 14.7. The maximum Gasteiger partial charge on any atom is 0.0340 e. The highest BCUT2D eigenvalue weighted by molar-refractivity contribution is 5.25. The van der Waals surface area contributed by atoms with Gasteiger partial charge in [0.1, 0.15) is 0 Å². The molecule has 1 rings (SSSR count). The Labute approximate surface area is 119 Å². The number of hydrogen-bond donors (Lipinski definition) is 1. The molecule has 1 N–H and O–H groups in total. The van der Waals surface area contributed by atoms with Crippen molar-refractivity contribution in [1.82, 2.24) is 10.3 Å². The Balaban J connectivity index is 2.76. The molecule has 0 aliphatic carbocycles. The van der Waals surface area contributed by atoms with Crippen LogP contribution < -0.4 is 5.32 Å². The van der Waals surface area contributed by atoms with Gasteiger partial charge in [0.2, 0.25) is 0 Å². The first kappa shape index (κ1) is 16.2. The summed E-state index contributed by atoms with van der Waals surface area (Å²) in [6, 6.07) is 2.53. The molecule has 0 fully saturated rings. The molecule has 0 saturated carbocycles. The van der Waals surface area contributed by atoms with Crippen LogP contribution in [0, 0.1) is 18.3 Å². The molecule has 1 aromatic heterocycles. The van der Waals surface area contributed by atoms with Crippen molar-refractivity contribution in [2.75, 3.05) is 6.54 Å². The van der Waals surface area contributed by atoms with Crippen molar-refractivity contribution in [3.63, 3.8) is 0 Å². The van der Waals surface area contributed by atoms with Crippen LogP contribution in [0.4, 0.5) is 0 Å². The summed E-state index contributed by atoms with van der Waals surface area (Å²) < 4.78 is 0. The lowest BCUT2D eigenvalue weighted by Crippen LogP contribution is -2.25. The summed E-state index contributed by atoms with van der Waals surface area (Å²) >= 11 is 0. The predicted molar refractivity (Wildman–Crippen MR) is 83.2 cm³/mol. The summed E-state index contributed by atoms with van der Waals surface area (Å²) in [5.74, 6) is 0.712. The lowest BCUT2D eigenvalue weighted by molar-refractivity contribution is 0.276. The fourth-order valence-corrected chi connectivity index (χ4v) is 2.94. The van der Waals surface area contributed by atoms with Gasteiger partial charge in [-0.25, -0.2) is 0 Å². The molecule has 2 heteroatoms. The highest BCUT2D eigenvalue weighted by Gasteiger charge is 2.20. The van der Waals surface area contributed by atoms with Crippen LogP contribution in [0.25, 0.3) is 0 Å². The molecule has 0 radical (unpaired) electrons. The van der Waals surface area contributed by atoms with E-state index in [1.54, 1.807) is 0 Å². The van der Waals surface area contributed by atoms with Crippen molar-refractivity contribution in [3.05, 3.63) is 29.6 Å². The third kappa shape index (κ3) is 5.73. The molecular weight excluding hydrogens is 232 g/mol. The van der Waals surface area contributed by atoms with Crippen molar-refractivity contribution in [3.8, 4) is 0 Å². The Morgan fingerprint density at radius 2 is 2.00 bits per heavy atom. The monoisotopic (exact) mass is 262 g/mol. The van der Waals surface area contributed by atoms with Crippen LogP contribution in [0.15, 0.2) is 18.5 Å². The quantitative estimate of drug-likeness (QED) is 0.816. The summed E-state index contributed by atoms with van der Waals surface area (Å²) in [6.07, 6.45) is 6.33. The molecule has 108 valence electrons. The predicted octanol–water partition coefficient (Wildman–Crippen LogP) is 4.50. The van der Waals surface area contributed by atoms with E-state index in [2.05, 4.69) is 57.9 Å². The van der Waals surface area contributed by atoms with Gasteiger partial charge in [-0.15, -0.1) is 0 Å². The number of hydrogen-bond acceptors (Lipinski definition) is 2. The van der Waals surface area contributed by atoms with Crippen molar-refractivity contribution < 1.29 is 0 Å². The third-order valence-corrected chi connectivity index (χ3v) is 3.50. The second-order valence-corrected chi connectivity index (χ2v) is 6.95. The Kier molecular flexibility index (Phi) is 5.99. The van der Waals surface area contributed by atoms with Crippen LogP contribution in [0.1, 0.15) is 64.6 Å². The maximum absolute atomic E-state index is 4.29. The standard InChI is InChI=1S/C17H30N2/c1-7-19-16(10-13(2)11-17(4,5)6)15-12-18-9-8-14(15)3/h8-9,12-13,16,19H,7,10-11H2,1-6H3. The van der Waals surface area contributed by atoms with Crippen molar-refractivity contribution in [2.24, 2.45) is 11.3 Å². The number of rotatable bonds is 6. The van der Waals surface area contributed by atoms with Gasteiger partial charge >= 0.3 is 0 Å². The van der Waals surface area contributed by atoms with E-state index in [4.69, 9.17) is 0 Å². The van der Waals surface area contributed by atoms with Crippen molar-refractivity contribution in [2.45, 2.75) is 60.4 Å². The number of aromatic nitrogens is 1. The highest BCUT2D eigenvalue weighted by atomic mass is 14.9. The van der Waals surface area contributed by atoms with Gasteiger partial charge in [-0.1, -0.05) is 34.6 Å². The zero-order chi connectivity index (χ0) is 14.5. The fourth-order valence-electron chi connectivity index (χ4n) is 2.94. The average molecular weight is 262 g/mol. The minimum absolute atomic E-state index is 0.403. The van der Waals surface area contributed by atoms with E-state index in [1.165, 1.54) is 24.0 Å². The number of pyridine rings is 1. The molecule has 0 saturated heterocycles. The first-order valence-corrected chi connectivity index (χ1v) is 7.47. The van der Waals surface area contributed by atoms with Crippen LogP contribution in [-0.4, -0.2) is 11.5 Å². The molecule has 2 atom stereocenters. The van der Waals surface area contributed by atoms with E-state index >= 15 is 0 Å². The van der Waals surface area contributed by atoms with Gasteiger partial charge in [-0.3, -0.25) is 4.98 Å². The average Bonchev–Trinajstić information content (AvgIpc) is 2.26. The van der Waals surface area contributed by atoms with Gasteiger partial charge in [0.05, 0.1) is 0 Å². The summed E-state index contributed by atoms with van der Waals surface area (Å²) in [5, 5.41) is 3.62. The zero-order valence-corrected chi connectivity index (χ0v) is 13.5. The van der Waals surface area contributed by atoms with Crippen LogP contribution in [0.3, 0.4) is 0 Å². The summed E-state index contributed by atoms with van der Waals surface area (Å²) in [5.41, 5.74) is 3.09. The molecule has 2 unspecified atom stereocenters. The molecule has 0 bridgehead atoms. The molecule has 0 amide bonds. The molecule has 0 aromatic carbocycles. The topological polar surface area (TPSA) is 24.9 Å². The largest absolute Gasteiger partial charge is 0.310 e. The lowest BCUT2D eigenvalue weighted by atomic mass is 9.82. The molecule has 2 nitrogen and oxygen atoms in total. The van der Waals surface area contributed by atoms with Crippen LogP contribution >= 0.6 is 0 Å². The van der Waals surface area contributed by atoms with Gasteiger partial charge in [0.25, 0.3) is 0 Å². The smallest absolute Gasteiger partial charge is 0.0340 e. The highest BCUT2D eigenvalue weighted by Crippen LogP contribution is 2.31. The van der Waals surface area contributed by atoms with Crippen molar-refractivity contribution in [1.29, 1.82) is 0 Å². The minimum Gasteiger partial charge on any atom is -0.310 e. The van der Waals surface area contributed by atoms with E-state index in [0.717, 1.165) is 6.54 Å². The number of nitrogens with zero attached hydrogens (tertiary/aromatic N) is 1. The van der Waals surface area contributed by atoms with E-state index in [9.17, 15) is 0 Å². The van der Waals surface area contributed by atoms with E-state index in [-0.39, 0.29) is 0 Å². The van der Waals surface area contributed by atoms with Crippen LogP contribution in [0.2, 0.25) is 0 Å². The number of aryl methyl sites for hydroxylation is 1. The number of nitrogens with one attached hydrogen (secondary N) is 1. The molecule has 0 spiro atoms. The minimum atomic E-state index is 0.403. The Morgan fingerprint density at radius 3 is 2.53 bits per heavy atom. The first-order chi connectivity index (χ1) is 8.83. The summed E-state index contributed by atoms with van der Waals surface area (Å²) in [4.78, 5) is 4.29. The van der Waals surface area contributed by atoms with E-state index < -0.39 is 0 Å². The molecule has 0 aliphatic heterocycles. The Morgan fingerprint density at radius 1 is 1.32 bits per heavy atom. The first-order valence-electron chi connectivity index (χ1n) is 7.47. The van der Waals surface area contributed by atoms with Gasteiger partial charge in [0, 0.05) is 18.4 Å². The van der Waals surface area contributed by atoms with E-state index in [1.807, 2.05) is 12.4 Å². The molecule has 1 aromatic rings. The maximum atomic E-state index is 4.29. The van der Waals surface area contributed by atoms with Crippen LogP contribution in [0.5, 0.6) is 0 Å². The fraction of sp³-hybridized carbons (Fsp3) is 0.706. The molecule has 1 heterocycles. The Bertz CT molecular complexity index is 379. The second kappa shape index (κ2) is 7.04. The van der Waals surface area contributed by atoms with Crippen molar-refractivity contribution >= 4 is 0 Å². The summed E-state index contributed by atoms with van der Waals surface area (Å²) in [7, 11) is 0. The van der Waals surface area contributed by atoms with Gasteiger partial charge < -0.3 is 5.32 Å². The normalized spacial score (nSPS) is 15.3. The molecule has 19 heavy (non-hydrogen) atoms. The van der Waals surface area contributed by atoms with Gasteiger partial charge in [-0.05, 0) is 54.8 Å². The van der Waals surface area contributed by atoms with Gasteiger partial charge in [-0.2, -0.15) is 0 Å². The molecule has 0 aliphatic rings. The third-order valence-electron chi connectivity index (χ3n) is 3.50.